The van der Waals surface area contributed by atoms with Crippen molar-refractivity contribution >= 4 is 24.0 Å². The van der Waals surface area contributed by atoms with Crippen LogP contribution in [0.25, 0.3) is 0 Å². The van der Waals surface area contributed by atoms with Gasteiger partial charge in [-0.1, -0.05) is 17.7 Å². The van der Waals surface area contributed by atoms with Gasteiger partial charge in [-0.3, -0.25) is 0 Å². The van der Waals surface area contributed by atoms with Crippen molar-refractivity contribution in [2.75, 3.05) is 11.5 Å². The Morgan fingerprint density at radius 1 is 0.583 bits per heavy atom. The van der Waals surface area contributed by atoms with E-state index in [1.165, 1.54) is 13.0 Å². The van der Waals surface area contributed by atoms with Crippen molar-refractivity contribution in [3.63, 3.8) is 0 Å². The topological polar surface area (TPSA) is 92.5 Å². The van der Waals surface area contributed by atoms with E-state index in [9.17, 15) is 52.7 Å². The number of nitrogens with two attached hydrogens (primary N) is 2. The quantitative estimate of drug-likeness (QED) is 0.182. The number of benzene rings is 2. The number of nitrogen functional groups attached to an aromatic ring is 2. The normalized spacial score (nSPS) is 13.8. The first-order chi connectivity index (χ1) is 15.8. The fraction of sp³-hybridized carbons (Fsp3) is 0.368. The predicted molar refractivity (Wildman–Crippen MR) is 106 cm³/mol. The van der Waals surface area contributed by atoms with Crippen LogP contribution in [0.3, 0.4) is 0 Å². The molecule has 2 aromatic rings. The molecular weight excluding hydrogens is 548 g/mol. The second kappa shape index (κ2) is 9.74. The molecule has 17 heteroatoms. The van der Waals surface area contributed by atoms with Gasteiger partial charge in [-0.05, 0) is 31.2 Å². The van der Waals surface area contributed by atoms with Gasteiger partial charge in [0.05, 0.1) is 0 Å². The molecule has 0 atom stereocenters. The van der Waals surface area contributed by atoms with Crippen molar-refractivity contribution in [3.05, 3.63) is 53.1 Å². The lowest BCUT2D eigenvalue weighted by Gasteiger charge is -2.33. The molecule has 0 aliphatic rings. The first-order valence-electron chi connectivity index (χ1n) is 8.99. The van der Waals surface area contributed by atoms with Crippen molar-refractivity contribution in [2.24, 2.45) is 0 Å². The summed E-state index contributed by atoms with van der Waals surface area (Å²) in [6, 6.07) is 5.03. The zero-order chi connectivity index (χ0) is 28.7. The fourth-order valence-corrected chi connectivity index (χ4v) is 2.98. The van der Waals surface area contributed by atoms with Gasteiger partial charge >= 0.3 is 24.7 Å². The minimum atomic E-state index is -5.96. The third-order valence-corrected chi connectivity index (χ3v) is 4.94. The number of alkyl halides is 12. The number of thiol groups is 1. The monoisotopic (exact) mass is 564 g/mol. The average Bonchev–Trinajstić information content (AvgIpc) is 2.67. The summed E-state index contributed by atoms with van der Waals surface area (Å²) in [4.78, 5) is -0.189. The summed E-state index contributed by atoms with van der Waals surface area (Å²) in [5, 5.41) is 18.2. The highest BCUT2D eigenvalue weighted by atomic mass is 32.1. The van der Waals surface area contributed by atoms with Gasteiger partial charge in [-0.25, -0.2) is 0 Å². The molecule has 0 amide bonds. The Kier molecular flexibility index (Phi) is 8.52. The lowest BCUT2D eigenvalue weighted by molar-refractivity contribution is -0.376. The third-order valence-electron chi connectivity index (χ3n) is 4.67. The molecule has 0 bridgehead atoms. The number of halogens is 12. The third kappa shape index (κ3) is 5.72. The molecule has 204 valence electrons. The molecule has 0 radical (unpaired) electrons. The smallest absolute Gasteiger partial charge is 0.398 e. The van der Waals surface area contributed by atoms with Crippen molar-refractivity contribution in [1.29, 1.82) is 0 Å². The highest BCUT2D eigenvalue weighted by Gasteiger charge is 2.73. The Balaban J connectivity index is 0.000000360. The molecular formula is C19H16F12N2O2S. The van der Waals surface area contributed by atoms with E-state index in [4.69, 9.17) is 21.7 Å². The maximum Gasteiger partial charge on any atom is 0.430 e. The summed E-state index contributed by atoms with van der Waals surface area (Å²) in [7, 11) is 0. The molecule has 0 saturated carbocycles. The second-order valence-electron chi connectivity index (χ2n) is 7.27. The molecule has 4 nitrogen and oxygen atoms in total. The Labute approximate surface area is 199 Å². The summed E-state index contributed by atoms with van der Waals surface area (Å²) >= 11 is 3.62. The van der Waals surface area contributed by atoms with Crippen molar-refractivity contribution in [1.82, 2.24) is 0 Å². The van der Waals surface area contributed by atoms with Crippen LogP contribution in [0.2, 0.25) is 0 Å². The number of hydrogen-bond donors (Lipinski definition) is 5. The summed E-state index contributed by atoms with van der Waals surface area (Å²) in [5.41, 5.74) is -4.21. The molecule has 0 aliphatic carbocycles. The van der Waals surface area contributed by atoms with Crippen LogP contribution in [0.5, 0.6) is 0 Å². The second-order valence-corrected chi connectivity index (χ2v) is 7.79. The Hall–Kier alpha value is -2.53. The molecule has 0 aromatic heterocycles. The van der Waals surface area contributed by atoms with Gasteiger partial charge in [0, 0.05) is 27.4 Å². The largest absolute Gasteiger partial charge is 0.430 e. The average molecular weight is 564 g/mol. The molecule has 2 rings (SSSR count). The minimum absolute atomic E-state index is 0.117. The lowest BCUT2D eigenvalue weighted by atomic mass is 9.89. The molecule has 0 aliphatic heterocycles. The Bertz CT molecular complexity index is 965. The van der Waals surface area contributed by atoms with E-state index in [0.717, 1.165) is 18.2 Å². The number of hydrogen-bond acceptors (Lipinski definition) is 5. The number of aliphatic hydroxyl groups is 2. The van der Waals surface area contributed by atoms with Gasteiger partial charge in [0.2, 0.25) is 0 Å². The molecule has 36 heavy (non-hydrogen) atoms. The minimum Gasteiger partial charge on any atom is -0.398 e. The Morgan fingerprint density at radius 2 is 0.889 bits per heavy atom. The zero-order valence-corrected chi connectivity index (χ0v) is 18.4. The summed E-state index contributed by atoms with van der Waals surface area (Å²) in [5.74, 6) is 0. The van der Waals surface area contributed by atoms with E-state index in [0.29, 0.717) is 12.1 Å². The van der Waals surface area contributed by atoms with Gasteiger partial charge in [-0.15, -0.1) is 12.6 Å². The van der Waals surface area contributed by atoms with Gasteiger partial charge < -0.3 is 21.7 Å². The molecule has 0 heterocycles. The highest BCUT2D eigenvalue weighted by molar-refractivity contribution is 7.80. The molecule has 6 N–H and O–H groups in total. The van der Waals surface area contributed by atoms with Crippen molar-refractivity contribution < 1.29 is 62.9 Å². The van der Waals surface area contributed by atoms with Crippen molar-refractivity contribution in [2.45, 2.75) is 47.7 Å². The van der Waals surface area contributed by atoms with Crippen LogP contribution in [-0.2, 0) is 11.2 Å². The maximum absolute atomic E-state index is 12.6. The van der Waals surface area contributed by atoms with E-state index in [1.807, 2.05) is 0 Å². The van der Waals surface area contributed by atoms with Crippen LogP contribution in [0, 0.1) is 6.92 Å². The highest BCUT2D eigenvalue weighted by Crippen LogP contribution is 2.52. The van der Waals surface area contributed by atoms with Gasteiger partial charge in [0.15, 0.2) is 0 Å². The van der Waals surface area contributed by atoms with E-state index >= 15 is 0 Å². The van der Waals surface area contributed by atoms with E-state index in [-0.39, 0.29) is 10.5 Å². The van der Waals surface area contributed by atoms with E-state index in [2.05, 4.69) is 12.6 Å². The van der Waals surface area contributed by atoms with Crippen molar-refractivity contribution in [3.8, 4) is 0 Å². The number of anilines is 2. The van der Waals surface area contributed by atoms with E-state index in [1.54, 1.807) is 0 Å². The maximum atomic E-state index is 12.6. The number of rotatable bonds is 2. The first kappa shape index (κ1) is 31.5. The summed E-state index contributed by atoms with van der Waals surface area (Å²) in [6.45, 7) is 1.29. The van der Waals surface area contributed by atoms with Gasteiger partial charge in [0.25, 0.3) is 11.2 Å². The van der Waals surface area contributed by atoms with Crippen LogP contribution >= 0.6 is 12.6 Å². The van der Waals surface area contributed by atoms with E-state index < -0.39 is 58.4 Å². The van der Waals surface area contributed by atoms with Crippen LogP contribution in [-0.4, -0.2) is 34.9 Å². The standard InChI is InChI=1S/C10H9F6NO.C9H7F6NOS/c1-5-2-3-7(17)6(4-5)8(18,9(11,12)13)10(14,15)16;10-8(11,12)7(17,9(13,14)15)5-3-4(18)1-2-6(5)16/h2-4,18H,17H2,1H3;1-3,17-18H,16H2. The van der Waals surface area contributed by atoms with Gasteiger partial charge in [0.1, 0.15) is 0 Å². The molecule has 0 fully saturated rings. The van der Waals surface area contributed by atoms with Gasteiger partial charge in [-0.2, -0.15) is 52.7 Å². The zero-order valence-electron chi connectivity index (χ0n) is 17.5. The fourth-order valence-electron chi connectivity index (χ4n) is 2.77. The molecule has 2 aromatic carbocycles. The molecule has 0 spiro atoms. The van der Waals surface area contributed by atoms with Crippen LogP contribution < -0.4 is 11.5 Å². The first-order valence-corrected chi connectivity index (χ1v) is 9.44. The summed E-state index contributed by atoms with van der Waals surface area (Å²) in [6.07, 6.45) is -23.8. The van der Waals surface area contributed by atoms with Crippen LogP contribution in [0.1, 0.15) is 16.7 Å². The predicted octanol–water partition coefficient (Wildman–Crippen LogP) is 5.76. The molecule has 0 saturated heterocycles. The summed E-state index contributed by atoms with van der Waals surface area (Å²) < 4.78 is 151. The SMILES string of the molecule is Cc1ccc(N)c(C(O)(C(F)(F)F)C(F)(F)F)c1.Nc1ccc(S)cc1C(O)(C(F)(F)F)C(F)(F)F. The molecule has 0 unspecified atom stereocenters. The van der Waals surface area contributed by atoms with Crippen LogP contribution in [0.15, 0.2) is 41.3 Å². The van der Waals surface area contributed by atoms with Crippen LogP contribution in [0.4, 0.5) is 64.1 Å². The number of aryl methyl sites for hydroxylation is 1. The lowest BCUT2D eigenvalue weighted by Crippen LogP contribution is -2.54. The Morgan fingerprint density at radius 3 is 1.22 bits per heavy atom.